The number of para-hydroxylation sites is 2. The molecule has 0 unspecified atom stereocenters. The second-order valence-corrected chi connectivity index (χ2v) is 6.40. The van der Waals surface area contributed by atoms with Gasteiger partial charge in [-0.05, 0) is 36.4 Å². The maximum atomic E-state index is 6.04. The largest absolute Gasteiger partial charge is 0.421 e. The molecule has 0 saturated carbocycles. The van der Waals surface area contributed by atoms with E-state index in [2.05, 4.69) is 10.4 Å². The fraction of sp³-hybridized carbons (Fsp3) is 0. The van der Waals surface area contributed by atoms with Gasteiger partial charge in [-0.15, -0.1) is 15.3 Å². The van der Waals surface area contributed by atoms with Gasteiger partial charge in [0.1, 0.15) is 5.52 Å². The SMILES string of the molecule is Clc1ccc(N2N=C(c3ccccc3)NN2c2nc3ccccc3o2)cc1. The zero-order chi connectivity index (χ0) is 18.2. The van der Waals surface area contributed by atoms with Crippen molar-refractivity contribution in [3.05, 3.63) is 89.4 Å². The van der Waals surface area contributed by atoms with Crippen LogP contribution in [0.15, 0.2) is 88.4 Å². The molecule has 7 heteroatoms. The molecule has 5 rings (SSSR count). The molecule has 4 aromatic rings. The molecule has 6 nitrogen and oxygen atoms in total. The molecule has 2 heterocycles. The summed E-state index contributed by atoms with van der Waals surface area (Å²) in [5.41, 5.74) is 6.52. The molecule has 0 fully saturated rings. The maximum absolute atomic E-state index is 6.04. The Kier molecular flexibility index (Phi) is 3.69. The number of fused-ring (bicyclic) bond motifs is 1. The fourth-order valence-electron chi connectivity index (χ4n) is 2.85. The molecular weight excluding hydrogens is 362 g/mol. The molecule has 0 bridgehead atoms. The van der Waals surface area contributed by atoms with Gasteiger partial charge in [0, 0.05) is 10.6 Å². The molecule has 1 aromatic heterocycles. The molecule has 1 aliphatic heterocycles. The van der Waals surface area contributed by atoms with E-state index in [1.54, 1.807) is 10.2 Å². The summed E-state index contributed by atoms with van der Waals surface area (Å²) in [7, 11) is 0. The van der Waals surface area contributed by atoms with Gasteiger partial charge in [0.2, 0.25) is 0 Å². The van der Waals surface area contributed by atoms with Crippen molar-refractivity contribution in [2.45, 2.75) is 0 Å². The predicted molar refractivity (Wildman–Crippen MR) is 107 cm³/mol. The molecule has 0 amide bonds. The number of anilines is 2. The highest BCUT2D eigenvalue weighted by molar-refractivity contribution is 6.30. The number of nitrogens with one attached hydrogen (secondary N) is 1. The van der Waals surface area contributed by atoms with E-state index in [1.165, 1.54) is 0 Å². The average Bonchev–Trinajstić information content (AvgIpc) is 3.33. The van der Waals surface area contributed by atoms with E-state index < -0.39 is 0 Å². The smallest absolute Gasteiger partial charge is 0.340 e. The lowest BCUT2D eigenvalue weighted by molar-refractivity contribution is 0.556. The lowest BCUT2D eigenvalue weighted by Crippen LogP contribution is -2.45. The molecule has 132 valence electrons. The summed E-state index contributed by atoms with van der Waals surface area (Å²) in [6.07, 6.45) is 0. The summed E-state index contributed by atoms with van der Waals surface area (Å²) in [5, 5.41) is 8.74. The van der Waals surface area contributed by atoms with Crippen LogP contribution in [-0.2, 0) is 0 Å². The number of aromatic nitrogens is 1. The van der Waals surface area contributed by atoms with Gasteiger partial charge in [0.05, 0.1) is 5.69 Å². The minimum Gasteiger partial charge on any atom is -0.421 e. The van der Waals surface area contributed by atoms with Gasteiger partial charge in [-0.1, -0.05) is 54.1 Å². The minimum atomic E-state index is 0.390. The van der Waals surface area contributed by atoms with Crippen molar-refractivity contribution >= 4 is 40.2 Å². The Labute approximate surface area is 160 Å². The van der Waals surface area contributed by atoms with Crippen molar-refractivity contribution in [1.29, 1.82) is 0 Å². The van der Waals surface area contributed by atoms with Gasteiger partial charge in [0.15, 0.2) is 11.4 Å². The number of halogens is 1. The van der Waals surface area contributed by atoms with E-state index in [9.17, 15) is 0 Å². The first kappa shape index (κ1) is 15.7. The fourth-order valence-corrected chi connectivity index (χ4v) is 2.98. The molecule has 1 aliphatic rings. The first-order valence-corrected chi connectivity index (χ1v) is 8.78. The van der Waals surface area contributed by atoms with Gasteiger partial charge < -0.3 is 4.42 Å². The molecule has 3 aromatic carbocycles. The third-order valence-corrected chi connectivity index (χ3v) is 4.42. The highest BCUT2D eigenvalue weighted by atomic mass is 35.5. The summed E-state index contributed by atoms with van der Waals surface area (Å²) < 4.78 is 5.92. The topological polar surface area (TPSA) is 56.9 Å². The minimum absolute atomic E-state index is 0.390. The van der Waals surface area contributed by atoms with Crippen molar-refractivity contribution in [3.8, 4) is 0 Å². The highest BCUT2D eigenvalue weighted by Crippen LogP contribution is 2.28. The quantitative estimate of drug-likeness (QED) is 0.567. The molecular formula is C20H14ClN5O. The van der Waals surface area contributed by atoms with E-state index in [0.29, 0.717) is 22.5 Å². The summed E-state index contributed by atoms with van der Waals surface area (Å²) >= 11 is 6.04. The van der Waals surface area contributed by atoms with Gasteiger partial charge in [-0.25, -0.2) is 0 Å². The van der Waals surface area contributed by atoms with Crippen molar-refractivity contribution in [2.75, 3.05) is 10.2 Å². The summed E-state index contributed by atoms with van der Waals surface area (Å²) in [4.78, 5) is 4.57. The number of hydrazine groups is 2. The van der Waals surface area contributed by atoms with Gasteiger partial charge in [0.25, 0.3) is 0 Å². The molecule has 0 saturated heterocycles. The van der Waals surface area contributed by atoms with Crippen molar-refractivity contribution in [3.63, 3.8) is 0 Å². The molecule has 1 N–H and O–H groups in total. The number of benzene rings is 3. The zero-order valence-corrected chi connectivity index (χ0v) is 14.8. The Morgan fingerprint density at radius 2 is 1.59 bits per heavy atom. The lowest BCUT2D eigenvalue weighted by atomic mass is 10.2. The van der Waals surface area contributed by atoms with Crippen molar-refractivity contribution in [2.24, 2.45) is 5.10 Å². The Balaban J connectivity index is 1.59. The second-order valence-electron chi connectivity index (χ2n) is 5.97. The molecule has 0 spiro atoms. The second kappa shape index (κ2) is 6.34. The lowest BCUT2D eigenvalue weighted by Gasteiger charge is -2.24. The van der Waals surface area contributed by atoms with Gasteiger partial charge in [-0.2, -0.15) is 4.98 Å². The van der Waals surface area contributed by atoms with E-state index in [-0.39, 0.29) is 0 Å². The number of nitrogens with zero attached hydrogens (tertiary/aromatic N) is 4. The van der Waals surface area contributed by atoms with E-state index in [0.717, 1.165) is 16.8 Å². The van der Waals surface area contributed by atoms with E-state index >= 15 is 0 Å². The van der Waals surface area contributed by atoms with E-state index in [1.807, 2.05) is 78.9 Å². The standard InChI is InChI=1S/C20H14ClN5O/c21-15-10-12-16(13-11-15)25-23-19(14-6-2-1-3-7-14)24-26(25)20-22-17-8-4-5-9-18(17)27-20/h1-13H,(H,23,24). The van der Waals surface area contributed by atoms with Crippen molar-refractivity contribution in [1.82, 2.24) is 10.4 Å². The van der Waals surface area contributed by atoms with Crippen LogP contribution in [0.3, 0.4) is 0 Å². The summed E-state index contributed by atoms with van der Waals surface area (Å²) in [5.74, 6) is 0.688. The maximum Gasteiger partial charge on any atom is 0.340 e. The van der Waals surface area contributed by atoms with Crippen LogP contribution >= 0.6 is 11.6 Å². The normalized spacial score (nSPS) is 13.7. The Bertz CT molecular complexity index is 1090. The van der Waals surface area contributed by atoms with Gasteiger partial charge in [-0.3, -0.25) is 5.43 Å². The molecule has 27 heavy (non-hydrogen) atoms. The Morgan fingerprint density at radius 1 is 0.852 bits per heavy atom. The number of hydrogen-bond donors (Lipinski definition) is 1. The zero-order valence-electron chi connectivity index (χ0n) is 14.1. The molecule has 0 atom stereocenters. The predicted octanol–water partition coefficient (Wildman–Crippen LogP) is 4.59. The highest BCUT2D eigenvalue weighted by Gasteiger charge is 2.30. The van der Waals surface area contributed by atoms with Crippen LogP contribution in [0.2, 0.25) is 5.02 Å². The molecule has 0 radical (unpaired) electrons. The van der Waals surface area contributed by atoms with Crippen LogP contribution in [0.5, 0.6) is 0 Å². The number of oxazole rings is 1. The monoisotopic (exact) mass is 375 g/mol. The summed E-state index contributed by atoms with van der Waals surface area (Å²) in [6.45, 7) is 0. The Hall–Kier alpha value is -3.51. The van der Waals surface area contributed by atoms with Crippen LogP contribution in [-0.4, -0.2) is 10.8 Å². The third kappa shape index (κ3) is 2.86. The number of hydrogen-bond acceptors (Lipinski definition) is 6. The summed E-state index contributed by atoms with van der Waals surface area (Å²) in [6, 6.07) is 25.3. The number of rotatable bonds is 3. The van der Waals surface area contributed by atoms with Crippen LogP contribution in [0, 0.1) is 0 Å². The third-order valence-electron chi connectivity index (χ3n) is 4.16. The number of amidine groups is 1. The van der Waals surface area contributed by atoms with Crippen LogP contribution in [0.1, 0.15) is 5.56 Å². The number of hydrazone groups is 1. The van der Waals surface area contributed by atoms with Crippen molar-refractivity contribution < 1.29 is 4.42 Å². The van der Waals surface area contributed by atoms with E-state index in [4.69, 9.17) is 21.1 Å². The van der Waals surface area contributed by atoms with Gasteiger partial charge >= 0.3 is 6.01 Å². The Morgan fingerprint density at radius 3 is 2.37 bits per heavy atom. The first-order valence-electron chi connectivity index (χ1n) is 8.40. The van der Waals surface area contributed by atoms with Crippen LogP contribution < -0.4 is 15.7 Å². The molecule has 0 aliphatic carbocycles. The van der Waals surface area contributed by atoms with Crippen LogP contribution in [0.4, 0.5) is 11.7 Å². The first-order chi connectivity index (χ1) is 13.3. The average molecular weight is 376 g/mol. The van der Waals surface area contributed by atoms with Crippen LogP contribution in [0.25, 0.3) is 11.1 Å².